The van der Waals surface area contributed by atoms with Crippen LogP contribution in [0, 0.1) is 6.92 Å². The molecule has 140 valence electrons. The highest BCUT2D eigenvalue weighted by molar-refractivity contribution is 7.91. The van der Waals surface area contributed by atoms with Gasteiger partial charge in [0, 0.05) is 22.0 Å². The first-order chi connectivity index (χ1) is 12.9. The minimum Gasteiger partial charge on any atom is -0.350 e. The summed E-state index contributed by atoms with van der Waals surface area (Å²) in [7, 11) is -3.69. The maximum absolute atomic E-state index is 13.1. The number of sulfone groups is 1. The Hall–Kier alpha value is -2.15. The summed E-state index contributed by atoms with van der Waals surface area (Å²) < 4.78 is 26.3. The number of hydrogen-bond donors (Lipinski definition) is 1. The van der Waals surface area contributed by atoms with E-state index in [9.17, 15) is 13.2 Å². The number of aryl methyl sites for hydroxylation is 1. The summed E-state index contributed by atoms with van der Waals surface area (Å²) in [4.78, 5) is 13.3. The first kappa shape index (κ1) is 19.6. The summed E-state index contributed by atoms with van der Waals surface area (Å²) in [6.45, 7) is 1.92. The lowest BCUT2D eigenvalue weighted by atomic mass is 10.1. The fourth-order valence-corrected chi connectivity index (χ4v) is 5.53. The van der Waals surface area contributed by atoms with Crippen LogP contribution < -0.4 is 5.32 Å². The third kappa shape index (κ3) is 4.58. The summed E-state index contributed by atoms with van der Waals surface area (Å²) in [5, 5.41) is 4.18. The molecule has 27 heavy (non-hydrogen) atoms. The zero-order valence-corrected chi connectivity index (χ0v) is 16.9. The molecule has 1 amide bonds. The highest BCUT2D eigenvalue weighted by atomic mass is 35.5. The van der Waals surface area contributed by atoms with Crippen molar-refractivity contribution in [1.29, 1.82) is 0 Å². The summed E-state index contributed by atoms with van der Waals surface area (Å²) in [5.74, 6) is -0.303. The molecule has 0 spiro atoms. The van der Waals surface area contributed by atoms with E-state index in [0.29, 0.717) is 15.5 Å². The minimum absolute atomic E-state index is 0.0157. The Morgan fingerprint density at radius 1 is 1.07 bits per heavy atom. The van der Waals surface area contributed by atoms with Crippen LogP contribution in [0.15, 0.2) is 70.9 Å². The Kier molecular flexibility index (Phi) is 5.99. The van der Waals surface area contributed by atoms with Gasteiger partial charge in [-0.15, -0.1) is 11.3 Å². The summed E-state index contributed by atoms with van der Waals surface area (Å²) in [5.41, 5.74) is 1.54. The van der Waals surface area contributed by atoms with E-state index in [1.807, 2.05) is 24.4 Å². The van der Waals surface area contributed by atoms with Crippen molar-refractivity contribution < 1.29 is 13.2 Å². The number of hydrogen-bond acceptors (Lipinski definition) is 4. The van der Waals surface area contributed by atoms with Gasteiger partial charge < -0.3 is 5.32 Å². The van der Waals surface area contributed by atoms with Gasteiger partial charge in [-0.05, 0) is 54.8 Å². The number of nitrogens with one attached hydrogen (secondary N) is 1. The fraction of sp³-hybridized carbons (Fsp3) is 0.150. The Labute approximate surface area is 167 Å². The quantitative estimate of drug-likeness (QED) is 0.632. The molecule has 0 saturated heterocycles. The van der Waals surface area contributed by atoms with Gasteiger partial charge in [0.25, 0.3) is 5.91 Å². The van der Waals surface area contributed by atoms with Gasteiger partial charge in [-0.3, -0.25) is 4.79 Å². The molecule has 0 bridgehead atoms. The highest BCUT2D eigenvalue weighted by Crippen LogP contribution is 2.32. The minimum atomic E-state index is -3.69. The van der Waals surface area contributed by atoms with Crippen LogP contribution in [0.25, 0.3) is 0 Å². The van der Waals surface area contributed by atoms with E-state index < -0.39 is 15.1 Å². The molecule has 0 radical (unpaired) electrons. The van der Waals surface area contributed by atoms with E-state index in [1.165, 1.54) is 23.5 Å². The van der Waals surface area contributed by atoms with E-state index in [1.54, 1.807) is 36.4 Å². The van der Waals surface area contributed by atoms with E-state index >= 15 is 0 Å². The SMILES string of the molecule is Cc1ccc(C(=O)NC[C@H](c2cccs2)S(=O)(=O)c2ccc(Cl)cc2)cc1. The van der Waals surface area contributed by atoms with Crippen molar-refractivity contribution in [1.82, 2.24) is 5.32 Å². The van der Waals surface area contributed by atoms with Gasteiger partial charge in [-0.25, -0.2) is 8.42 Å². The highest BCUT2D eigenvalue weighted by Gasteiger charge is 2.30. The van der Waals surface area contributed by atoms with Crippen LogP contribution in [0.3, 0.4) is 0 Å². The molecule has 0 aliphatic heterocycles. The molecule has 0 aliphatic carbocycles. The molecule has 2 aromatic carbocycles. The predicted octanol–water partition coefficient (Wildman–Crippen LogP) is 4.65. The average molecular weight is 420 g/mol. The van der Waals surface area contributed by atoms with Gasteiger partial charge >= 0.3 is 0 Å². The van der Waals surface area contributed by atoms with Crippen LogP contribution in [-0.2, 0) is 9.84 Å². The van der Waals surface area contributed by atoms with Gasteiger partial charge in [0.1, 0.15) is 5.25 Å². The fourth-order valence-electron chi connectivity index (χ4n) is 2.62. The molecule has 0 fully saturated rings. The normalized spacial score (nSPS) is 12.5. The van der Waals surface area contributed by atoms with Crippen molar-refractivity contribution >= 4 is 38.7 Å². The molecule has 0 unspecified atom stereocenters. The Morgan fingerprint density at radius 3 is 2.33 bits per heavy atom. The molecule has 3 aromatic rings. The molecule has 1 N–H and O–H groups in total. The van der Waals surface area contributed by atoms with Crippen molar-refractivity contribution in [2.24, 2.45) is 0 Å². The number of carbonyl (C=O) groups is 1. The lowest BCUT2D eigenvalue weighted by Crippen LogP contribution is -2.31. The molecule has 1 aromatic heterocycles. The van der Waals surface area contributed by atoms with Crippen molar-refractivity contribution in [2.75, 3.05) is 6.54 Å². The summed E-state index contributed by atoms with van der Waals surface area (Å²) in [6, 6.07) is 16.8. The standard InChI is InChI=1S/C20H18ClNO3S2/c1-14-4-6-15(7-5-14)20(23)22-13-19(18-3-2-12-26-18)27(24,25)17-10-8-16(21)9-11-17/h2-12,19H,13H2,1H3,(H,22,23)/t19-/m1/s1. The van der Waals surface area contributed by atoms with Crippen LogP contribution in [-0.4, -0.2) is 20.9 Å². The average Bonchev–Trinajstić information content (AvgIpc) is 3.16. The second-order valence-corrected chi connectivity index (χ2v) is 9.63. The topological polar surface area (TPSA) is 63.2 Å². The lowest BCUT2D eigenvalue weighted by molar-refractivity contribution is 0.0953. The zero-order valence-electron chi connectivity index (χ0n) is 14.6. The molecular formula is C20H18ClNO3S2. The maximum Gasteiger partial charge on any atom is 0.251 e. The monoisotopic (exact) mass is 419 g/mol. The van der Waals surface area contributed by atoms with Crippen LogP contribution in [0.5, 0.6) is 0 Å². The summed E-state index contributed by atoms with van der Waals surface area (Å²) in [6.07, 6.45) is 0. The van der Waals surface area contributed by atoms with Gasteiger partial charge in [0.2, 0.25) is 0 Å². The van der Waals surface area contributed by atoms with Crippen molar-refractivity contribution in [3.8, 4) is 0 Å². The number of rotatable bonds is 6. The predicted molar refractivity (Wildman–Crippen MR) is 109 cm³/mol. The molecule has 4 nitrogen and oxygen atoms in total. The van der Waals surface area contributed by atoms with Crippen molar-refractivity contribution in [2.45, 2.75) is 17.1 Å². The molecule has 1 heterocycles. The van der Waals surface area contributed by atoms with E-state index in [2.05, 4.69) is 5.32 Å². The molecule has 1 atom stereocenters. The molecule has 7 heteroatoms. The third-order valence-corrected chi connectivity index (χ3v) is 7.63. The van der Waals surface area contributed by atoms with Gasteiger partial charge in [0.15, 0.2) is 9.84 Å². The zero-order chi connectivity index (χ0) is 19.4. The maximum atomic E-state index is 13.1. The van der Waals surface area contributed by atoms with Crippen molar-refractivity contribution in [3.63, 3.8) is 0 Å². The molecule has 0 saturated carbocycles. The number of benzene rings is 2. The van der Waals surface area contributed by atoms with Crippen LogP contribution >= 0.6 is 22.9 Å². The smallest absolute Gasteiger partial charge is 0.251 e. The van der Waals surface area contributed by atoms with Crippen molar-refractivity contribution in [3.05, 3.63) is 87.1 Å². The van der Waals surface area contributed by atoms with E-state index in [-0.39, 0.29) is 17.3 Å². The van der Waals surface area contributed by atoms with Gasteiger partial charge in [0.05, 0.1) is 4.90 Å². The van der Waals surface area contributed by atoms with Gasteiger partial charge in [-0.1, -0.05) is 35.4 Å². The second kappa shape index (κ2) is 8.25. The van der Waals surface area contributed by atoms with Crippen LogP contribution in [0.4, 0.5) is 0 Å². The van der Waals surface area contributed by atoms with Gasteiger partial charge in [-0.2, -0.15) is 0 Å². The molecule has 3 rings (SSSR count). The Bertz CT molecular complexity index is 1010. The summed E-state index contributed by atoms with van der Waals surface area (Å²) >= 11 is 7.22. The second-order valence-electron chi connectivity index (χ2n) is 6.08. The first-order valence-corrected chi connectivity index (χ1v) is 11.1. The van der Waals surface area contributed by atoms with E-state index in [4.69, 9.17) is 11.6 Å². The largest absolute Gasteiger partial charge is 0.350 e. The molecule has 0 aliphatic rings. The third-order valence-electron chi connectivity index (χ3n) is 4.14. The Balaban J connectivity index is 1.85. The van der Waals surface area contributed by atoms with Crippen LogP contribution in [0.2, 0.25) is 5.02 Å². The molecular weight excluding hydrogens is 402 g/mol. The first-order valence-electron chi connectivity index (χ1n) is 8.25. The van der Waals surface area contributed by atoms with E-state index in [0.717, 1.165) is 5.56 Å². The Morgan fingerprint density at radius 2 is 1.74 bits per heavy atom. The lowest BCUT2D eigenvalue weighted by Gasteiger charge is -2.17. The number of thiophene rings is 1. The number of amides is 1. The number of halogens is 1. The number of carbonyl (C=O) groups excluding carboxylic acids is 1. The van der Waals surface area contributed by atoms with Crippen LogP contribution in [0.1, 0.15) is 26.0 Å².